The summed E-state index contributed by atoms with van der Waals surface area (Å²) in [6.45, 7) is 0.359. The topological polar surface area (TPSA) is 20.3 Å². The normalized spacial score (nSPS) is 10.6. The fraction of sp³-hybridized carbons (Fsp3) is 0.188. The summed E-state index contributed by atoms with van der Waals surface area (Å²) < 4.78 is 25.4. The van der Waals surface area contributed by atoms with Crippen LogP contribution >= 0.6 is 0 Å². The van der Waals surface area contributed by atoms with Crippen LogP contribution in [0.25, 0.3) is 0 Å². The van der Waals surface area contributed by atoms with Crippen LogP contribution in [0.2, 0.25) is 0 Å². The van der Waals surface area contributed by atoms with E-state index in [2.05, 4.69) is 0 Å². The van der Waals surface area contributed by atoms with Crippen LogP contribution in [0.15, 0.2) is 60.7 Å². The first kappa shape index (κ1) is 14.2. The quantitative estimate of drug-likeness (QED) is 0.818. The number of hydrogen-bond acceptors (Lipinski definition) is 1. The van der Waals surface area contributed by atoms with Crippen molar-refractivity contribution in [2.45, 2.75) is 19.5 Å². The van der Waals surface area contributed by atoms with Gasteiger partial charge in [-0.1, -0.05) is 60.7 Å². The Morgan fingerprint density at radius 2 is 1.25 bits per heavy atom. The van der Waals surface area contributed by atoms with E-state index in [1.54, 1.807) is 0 Å². The maximum atomic E-state index is 12.7. The Kier molecular flexibility index (Phi) is 4.82. The van der Waals surface area contributed by atoms with Crippen molar-refractivity contribution >= 4 is 5.91 Å². The number of amides is 1. The summed E-state index contributed by atoms with van der Waals surface area (Å²) in [5, 5.41) is 0. The minimum atomic E-state index is -2.98. The van der Waals surface area contributed by atoms with E-state index >= 15 is 0 Å². The van der Waals surface area contributed by atoms with Crippen LogP contribution in [0, 0.1) is 0 Å². The third-order valence-electron chi connectivity index (χ3n) is 2.93. The Labute approximate surface area is 116 Å². The Morgan fingerprint density at radius 3 is 1.60 bits per heavy atom. The molecule has 104 valence electrons. The summed E-state index contributed by atoms with van der Waals surface area (Å²) in [7, 11) is 0. The second-order valence-electron chi connectivity index (χ2n) is 4.47. The summed E-state index contributed by atoms with van der Waals surface area (Å²) >= 11 is 0. The van der Waals surface area contributed by atoms with Crippen LogP contribution in [-0.2, 0) is 17.9 Å². The molecule has 0 N–H and O–H groups in total. The third-order valence-corrected chi connectivity index (χ3v) is 2.93. The number of nitrogens with zero attached hydrogens (tertiary/aromatic N) is 1. The number of benzene rings is 2. The Hall–Kier alpha value is -2.23. The molecule has 2 nitrogen and oxygen atoms in total. The van der Waals surface area contributed by atoms with Gasteiger partial charge in [0.25, 0.3) is 5.91 Å². The van der Waals surface area contributed by atoms with E-state index in [0.29, 0.717) is 0 Å². The van der Waals surface area contributed by atoms with E-state index in [4.69, 9.17) is 0 Å². The van der Waals surface area contributed by atoms with Crippen LogP contribution < -0.4 is 0 Å². The lowest BCUT2D eigenvalue weighted by Gasteiger charge is -2.22. The van der Waals surface area contributed by atoms with Crippen molar-refractivity contribution in [3.05, 3.63) is 71.8 Å². The van der Waals surface area contributed by atoms with Gasteiger partial charge in [0.1, 0.15) is 0 Å². The molecule has 1 amide bonds. The largest absolute Gasteiger partial charge is 0.329 e. The zero-order chi connectivity index (χ0) is 14.4. The van der Waals surface area contributed by atoms with Gasteiger partial charge in [-0.3, -0.25) is 4.79 Å². The molecule has 0 spiro atoms. The van der Waals surface area contributed by atoms with E-state index in [1.165, 1.54) is 4.90 Å². The highest BCUT2D eigenvalue weighted by atomic mass is 19.3. The van der Waals surface area contributed by atoms with Crippen molar-refractivity contribution in [2.75, 3.05) is 0 Å². The Morgan fingerprint density at radius 1 is 0.850 bits per heavy atom. The van der Waals surface area contributed by atoms with Crippen LogP contribution in [0.4, 0.5) is 8.78 Å². The van der Waals surface area contributed by atoms with Crippen molar-refractivity contribution in [3.63, 3.8) is 0 Å². The van der Waals surface area contributed by atoms with Gasteiger partial charge in [0.15, 0.2) is 0 Å². The minimum absolute atomic E-state index is 0.179. The molecular formula is C16H15F2NO. The van der Waals surface area contributed by atoms with Crippen molar-refractivity contribution in [1.82, 2.24) is 4.90 Å². The number of carbonyl (C=O) groups is 1. The lowest BCUT2D eigenvalue weighted by atomic mass is 10.1. The van der Waals surface area contributed by atoms with Gasteiger partial charge in [0, 0.05) is 13.1 Å². The molecule has 2 aromatic carbocycles. The number of carbonyl (C=O) groups excluding carboxylic acids is 1. The van der Waals surface area contributed by atoms with Gasteiger partial charge in [-0.05, 0) is 11.1 Å². The van der Waals surface area contributed by atoms with Crippen molar-refractivity contribution in [3.8, 4) is 0 Å². The molecular weight excluding hydrogens is 260 g/mol. The van der Waals surface area contributed by atoms with Gasteiger partial charge in [-0.25, -0.2) is 0 Å². The summed E-state index contributed by atoms with van der Waals surface area (Å²) in [5.74, 6) is -1.14. The van der Waals surface area contributed by atoms with Crippen LogP contribution in [0.3, 0.4) is 0 Å². The standard InChI is InChI=1S/C16H15F2NO/c17-15(18)16(20)19(11-13-7-3-1-4-8-13)12-14-9-5-2-6-10-14/h1-10,15H,11-12H2. The highest BCUT2D eigenvalue weighted by Gasteiger charge is 2.23. The molecule has 0 saturated carbocycles. The average Bonchev–Trinajstić information content (AvgIpc) is 2.48. The van der Waals surface area contributed by atoms with Gasteiger partial charge < -0.3 is 4.90 Å². The lowest BCUT2D eigenvalue weighted by Crippen LogP contribution is -2.34. The SMILES string of the molecule is O=C(C(F)F)N(Cc1ccccc1)Cc1ccccc1. The molecule has 0 bridgehead atoms. The predicted molar refractivity (Wildman–Crippen MR) is 73.1 cm³/mol. The lowest BCUT2D eigenvalue weighted by molar-refractivity contribution is -0.144. The Bertz CT molecular complexity index is 501. The predicted octanol–water partition coefficient (Wildman–Crippen LogP) is 3.48. The zero-order valence-electron chi connectivity index (χ0n) is 10.9. The highest BCUT2D eigenvalue weighted by Crippen LogP contribution is 2.13. The average molecular weight is 275 g/mol. The minimum Gasteiger partial charge on any atom is -0.329 e. The first-order chi connectivity index (χ1) is 9.66. The van der Waals surface area contributed by atoms with E-state index in [0.717, 1.165) is 11.1 Å². The second-order valence-corrected chi connectivity index (χ2v) is 4.47. The second kappa shape index (κ2) is 6.80. The smallest absolute Gasteiger partial charge is 0.315 e. The molecule has 20 heavy (non-hydrogen) atoms. The molecule has 0 saturated heterocycles. The third kappa shape index (κ3) is 3.88. The van der Waals surface area contributed by atoms with Crippen LogP contribution in [-0.4, -0.2) is 17.2 Å². The van der Waals surface area contributed by atoms with Crippen LogP contribution in [0.1, 0.15) is 11.1 Å². The van der Waals surface area contributed by atoms with Crippen molar-refractivity contribution in [2.24, 2.45) is 0 Å². The zero-order valence-corrected chi connectivity index (χ0v) is 10.9. The monoisotopic (exact) mass is 275 g/mol. The molecule has 0 aromatic heterocycles. The molecule has 0 unspecified atom stereocenters. The van der Waals surface area contributed by atoms with Gasteiger partial charge in [-0.2, -0.15) is 8.78 Å². The van der Waals surface area contributed by atoms with Crippen molar-refractivity contribution in [1.29, 1.82) is 0 Å². The number of alkyl halides is 2. The maximum absolute atomic E-state index is 12.7. The first-order valence-electron chi connectivity index (χ1n) is 6.31. The van der Waals surface area contributed by atoms with E-state index in [-0.39, 0.29) is 13.1 Å². The molecule has 0 aliphatic carbocycles. The molecule has 0 aliphatic rings. The molecule has 0 heterocycles. The summed E-state index contributed by atoms with van der Waals surface area (Å²) in [6, 6.07) is 18.2. The van der Waals surface area contributed by atoms with E-state index < -0.39 is 12.3 Å². The number of rotatable bonds is 5. The molecule has 4 heteroatoms. The van der Waals surface area contributed by atoms with Gasteiger partial charge >= 0.3 is 6.43 Å². The highest BCUT2D eigenvalue weighted by molar-refractivity contribution is 5.79. The summed E-state index contributed by atoms with van der Waals surface area (Å²) in [5.41, 5.74) is 1.66. The number of halogens is 2. The van der Waals surface area contributed by atoms with Gasteiger partial charge in [0.05, 0.1) is 0 Å². The molecule has 0 atom stereocenters. The van der Waals surface area contributed by atoms with Crippen molar-refractivity contribution < 1.29 is 13.6 Å². The maximum Gasteiger partial charge on any atom is 0.315 e. The fourth-order valence-corrected chi connectivity index (χ4v) is 1.96. The summed E-state index contributed by atoms with van der Waals surface area (Å²) in [6.07, 6.45) is -2.98. The summed E-state index contributed by atoms with van der Waals surface area (Å²) in [4.78, 5) is 12.8. The van der Waals surface area contributed by atoms with E-state index in [9.17, 15) is 13.6 Å². The van der Waals surface area contributed by atoms with E-state index in [1.807, 2.05) is 60.7 Å². The molecule has 0 radical (unpaired) electrons. The fourth-order valence-electron chi connectivity index (χ4n) is 1.96. The van der Waals surface area contributed by atoms with Crippen LogP contribution in [0.5, 0.6) is 0 Å². The van der Waals surface area contributed by atoms with Gasteiger partial charge in [-0.15, -0.1) is 0 Å². The molecule has 2 aromatic rings. The first-order valence-corrected chi connectivity index (χ1v) is 6.31. The Balaban J connectivity index is 2.15. The van der Waals surface area contributed by atoms with Gasteiger partial charge in [0.2, 0.25) is 0 Å². The number of hydrogen-bond donors (Lipinski definition) is 0. The molecule has 2 rings (SSSR count). The molecule has 0 fully saturated rings. The molecule has 0 aliphatic heterocycles.